The van der Waals surface area contributed by atoms with Gasteiger partial charge in [-0.1, -0.05) is 18.2 Å². The van der Waals surface area contributed by atoms with Gasteiger partial charge in [-0.05, 0) is 38.5 Å². The van der Waals surface area contributed by atoms with Crippen molar-refractivity contribution < 1.29 is 19.1 Å². The highest BCUT2D eigenvalue weighted by Gasteiger charge is 2.22. The maximum absolute atomic E-state index is 12.6. The molecular weight excluding hydrogens is 386 g/mol. The van der Waals surface area contributed by atoms with E-state index in [2.05, 4.69) is 20.1 Å². The highest BCUT2D eigenvalue weighted by Crippen LogP contribution is 2.24. The van der Waals surface area contributed by atoms with Crippen LogP contribution < -0.4 is 0 Å². The standard InChI is InChI=1S/C21H19N5O4/c1-11-9-12(2)26-21(22-11)24-18(25-26)20(28)30-10-16-17(19(27)29-4)13(3)14-7-5-6-8-15(14)23-16/h5-9H,10H2,1-4H3. The molecule has 0 saturated carbocycles. The predicted molar refractivity (Wildman–Crippen MR) is 107 cm³/mol. The summed E-state index contributed by atoms with van der Waals surface area (Å²) in [7, 11) is 1.30. The number of hydrogen-bond donors (Lipinski definition) is 0. The molecule has 0 bridgehead atoms. The summed E-state index contributed by atoms with van der Waals surface area (Å²) in [5.74, 6) is -1.08. The smallest absolute Gasteiger partial charge is 0.378 e. The molecule has 9 heteroatoms. The number of rotatable bonds is 4. The van der Waals surface area contributed by atoms with Crippen molar-refractivity contribution in [2.75, 3.05) is 7.11 Å². The van der Waals surface area contributed by atoms with Gasteiger partial charge in [0.25, 0.3) is 11.6 Å². The number of para-hydroxylation sites is 1. The first-order chi connectivity index (χ1) is 14.4. The number of fused-ring (bicyclic) bond motifs is 2. The molecule has 30 heavy (non-hydrogen) atoms. The van der Waals surface area contributed by atoms with E-state index >= 15 is 0 Å². The Hall–Kier alpha value is -3.88. The molecule has 0 amide bonds. The fourth-order valence-electron chi connectivity index (χ4n) is 3.37. The molecule has 0 aliphatic rings. The molecule has 3 heterocycles. The lowest BCUT2D eigenvalue weighted by Crippen LogP contribution is -2.14. The average Bonchev–Trinajstić information content (AvgIpc) is 3.16. The molecule has 3 aromatic heterocycles. The fraction of sp³-hybridized carbons (Fsp3) is 0.238. The Balaban J connectivity index is 1.67. The van der Waals surface area contributed by atoms with Gasteiger partial charge in [-0.15, -0.1) is 5.10 Å². The normalized spacial score (nSPS) is 11.1. The molecule has 4 aromatic rings. The zero-order valence-electron chi connectivity index (χ0n) is 17.0. The third kappa shape index (κ3) is 3.34. The zero-order valence-corrected chi connectivity index (χ0v) is 17.0. The van der Waals surface area contributed by atoms with Crippen molar-refractivity contribution in [2.24, 2.45) is 0 Å². The number of aryl methyl sites for hydroxylation is 3. The predicted octanol–water partition coefficient (Wildman–Crippen LogP) is 2.74. The van der Waals surface area contributed by atoms with E-state index in [1.807, 2.05) is 51.1 Å². The van der Waals surface area contributed by atoms with Gasteiger partial charge in [-0.2, -0.15) is 4.98 Å². The molecule has 4 rings (SSSR count). The lowest BCUT2D eigenvalue weighted by atomic mass is 10.0. The summed E-state index contributed by atoms with van der Waals surface area (Å²) < 4.78 is 11.8. The van der Waals surface area contributed by atoms with E-state index in [1.54, 1.807) is 0 Å². The summed E-state index contributed by atoms with van der Waals surface area (Å²) in [6, 6.07) is 9.25. The maximum atomic E-state index is 12.6. The minimum Gasteiger partial charge on any atom is -0.465 e. The summed E-state index contributed by atoms with van der Waals surface area (Å²) in [5, 5.41) is 4.99. The Morgan fingerprint density at radius 3 is 2.57 bits per heavy atom. The molecule has 0 fully saturated rings. The van der Waals surface area contributed by atoms with Crippen LogP contribution in [0.2, 0.25) is 0 Å². The first-order valence-corrected chi connectivity index (χ1v) is 9.23. The maximum Gasteiger partial charge on any atom is 0.378 e. The number of carbonyl (C=O) groups excluding carboxylic acids is 2. The van der Waals surface area contributed by atoms with Gasteiger partial charge in [-0.25, -0.2) is 24.1 Å². The number of hydrogen-bond acceptors (Lipinski definition) is 8. The number of esters is 2. The van der Waals surface area contributed by atoms with Crippen LogP contribution >= 0.6 is 0 Å². The minimum atomic E-state index is -0.735. The number of pyridine rings is 1. The molecule has 0 radical (unpaired) electrons. The third-order valence-corrected chi connectivity index (χ3v) is 4.76. The Morgan fingerprint density at radius 1 is 1.03 bits per heavy atom. The van der Waals surface area contributed by atoms with E-state index in [4.69, 9.17) is 9.47 Å². The number of ether oxygens (including phenoxy) is 2. The second kappa shape index (κ2) is 7.51. The zero-order chi connectivity index (χ0) is 21.4. The van der Waals surface area contributed by atoms with Gasteiger partial charge in [0.2, 0.25) is 0 Å². The van der Waals surface area contributed by atoms with E-state index in [0.29, 0.717) is 22.6 Å². The first-order valence-electron chi connectivity index (χ1n) is 9.23. The molecule has 9 nitrogen and oxygen atoms in total. The van der Waals surface area contributed by atoms with Gasteiger partial charge in [0.1, 0.15) is 6.61 Å². The third-order valence-electron chi connectivity index (χ3n) is 4.76. The van der Waals surface area contributed by atoms with Gasteiger partial charge in [-0.3, -0.25) is 0 Å². The van der Waals surface area contributed by atoms with Crippen LogP contribution in [0.25, 0.3) is 16.7 Å². The topological polar surface area (TPSA) is 109 Å². The molecule has 0 spiro atoms. The summed E-state index contributed by atoms with van der Waals surface area (Å²) in [6.45, 7) is 5.26. The summed E-state index contributed by atoms with van der Waals surface area (Å²) in [6.07, 6.45) is 0. The van der Waals surface area contributed by atoms with Crippen molar-refractivity contribution in [3.63, 3.8) is 0 Å². The fourth-order valence-corrected chi connectivity index (χ4v) is 3.37. The molecule has 0 saturated heterocycles. The van der Waals surface area contributed by atoms with Gasteiger partial charge in [0.05, 0.1) is 23.9 Å². The van der Waals surface area contributed by atoms with Crippen LogP contribution in [0.3, 0.4) is 0 Å². The number of nitrogens with zero attached hydrogens (tertiary/aromatic N) is 5. The second-order valence-corrected chi connectivity index (χ2v) is 6.83. The van der Waals surface area contributed by atoms with Crippen LogP contribution in [0.5, 0.6) is 0 Å². The molecule has 0 aliphatic heterocycles. The van der Waals surface area contributed by atoms with Crippen molar-refractivity contribution in [1.82, 2.24) is 24.6 Å². The van der Waals surface area contributed by atoms with Crippen LogP contribution in [-0.2, 0) is 16.1 Å². The molecule has 1 aromatic carbocycles. The number of methoxy groups -OCH3 is 1. The molecule has 0 unspecified atom stereocenters. The van der Waals surface area contributed by atoms with Crippen LogP contribution in [0.4, 0.5) is 0 Å². The minimum absolute atomic E-state index is 0.117. The molecule has 0 atom stereocenters. The molecule has 152 valence electrons. The van der Waals surface area contributed by atoms with Crippen molar-refractivity contribution in [3.05, 3.63) is 64.4 Å². The van der Waals surface area contributed by atoms with E-state index in [-0.39, 0.29) is 18.0 Å². The van der Waals surface area contributed by atoms with Crippen molar-refractivity contribution >= 4 is 28.6 Å². The van der Waals surface area contributed by atoms with Crippen LogP contribution in [0.1, 0.15) is 43.6 Å². The second-order valence-electron chi connectivity index (χ2n) is 6.83. The lowest BCUT2D eigenvalue weighted by molar-refractivity contribution is 0.0442. The van der Waals surface area contributed by atoms with Crippen LogP contribution in [0, 0.1) is 20.8 Å². The molecule has 0 aliphatic carbocycles. The lowest BCUT2D eigenvalue weighted by Gasteiger charge is -2.13. The van der Waals surface area contributed by atoms with Gasteiger partial charge in [0, 0.05) is 16.8 Å². The first kappa shape index (κ1) is 19.4. The van der Waals surface area contributed by atoms with Crippen LogP contribution in [-0.4, -0.2) is 43.6 Å². The summed E-state index contributed by atoms with van der Waals surface area (Å²) in [5.41, 5.74) is 3.55. The number of carbonyl (C=O) groups is 2. The highest BCUT2D eigenvalue weighted by molar-refractivity contribution is 5.98. The quantitative estimate of drug-likeness (QED) is 0.477. The Labute approximate surface area is 171 Å². The highest BCUT2D eigenvalue weighted by atomic mass is 16.5. The monoisotopic (exact) mass is 405 g/mol. The summed E-state index contributed by atoms with van der Waals surface area (Å²) in [4.78, 5) is 37.8. The van der Waals surface area contributed by atoms with Crippen molar-refractivity contribution in [2.45, 2.75) is 27.4 Å². The molecule has 0 N–H and O–H groups in total. The van der Waals surface area contributed by atoms with E-state index in [0.717, 1.165) is 16.8 Å². The summed E-state index contributed by atoms with van der Waals surface area (Å²) >= 11 is 0. The van der Waals surface area contributed by atoms with Crippen molar-refractivity contribution in [3.8, 4) is 0 Å². The van der Waals surface area contributed by atoms with Gasteiger partial charge in [0.15, 0.2) is 0 Å². The van der Waals surface area contributed by atoms with E-state index in [1.165, 1.54) is 11.6 Å². The van der Waals surface area contributed by atoms with E-state index in [9.17, 15) is 9.59 Å². The van der Waals surface area contributed by atoms with Crippen molar-refractivity contribution in [1.29, 1.82) is 0 Å². The Morgan fingerprint density at radius 2 is 1.80 bits per heavy atom. The Bertz CT molecular complexity index is 1310. The SMILES string of the molecule is COC(=O)c1c(COC(=O)c2nc3nc(C)cc(C)n3n2)nc2ccccc2c1C. The number of benzene rings is 1. The van der Waals surface area contributed by atoms with Gasteiger partial charge < -0.3 is 9.47 Å². The average molecular weight is 405 g/mol. The largest absolute Gasteiger partial charge is 0.465 e. The number of aromatic nitrogens is 5. The molecular formula is C21H19N5O4. The van der Waals surface area contributed by atoms with E-state index < -0.39 is 11.9 Å². The van der Waals surface area contributed by atoms with Gasteiger partial charge >= 0.3 is 11.9 Å². The van der Waals surface area contributed by atoms with Crippen LogP contribution in [0.15, 0.2) is 30.3 Å². The Kier molecular flexibility index (Phi) is 4.86.